The number of rotatable bonds is 3. The number of primary amides is 1. The number of likely N-dealkylation sites (N-methyl/N-ethyl adjacent to an activating group) is 1. The summed E-state index contributed by atoms with van der Waals surface area (Å²) >= 11 is 0. The maximum absolute atomic E-state index is 13.6. The Hall–Kier alpha value is -3.89. The summed E-state index contributed by atoms with van der Waals surface area (Å²) in [6.45, 7) is 0. The first-order chi connectivity index (χ1) is 16.5. The van der Waals surface area contributed by atoms with E-state index in [9.17, 15) is 34.8 Å². The summed E-state index contributed by atoms with van der Waals surface area (Å²) in [6.07, 6.45) is 3.24. The molecule has 1 amide bonds. The zero-order chi connectivity index (χ0) is 25.4. The number of nitrogens with zero attached hydrogens (tertiary/aromatic N) is 1. The van der Waals surface area contributed by atoms with Crippen LogP contribution in [-0.4, -0.2) is 68.5 Å². The predicted octanol–water partition coefficient (Wildman–Crippen LogP) is 1.38. The molecule has 35 heavy (non-hydrogen) atoms. The number of aliphatic hydroxyl groups excluding tert-OH is 2. The molecule has 0 aliphatic heterocycles. The lowest BCUT2D eigenvalue weighted by molar-refractivity contribution is -0.148. The Morgan fingerprint density at radius 2 is 1.89 bits per heavy atom. The van der Waals surface area contributed by atoms with Gasteiger partial charge in [0.15, 0.2) is 11.4 Å². The number of furan rings is 1. The Bertz CT molecular complexity index is 1350. The SMILES string of the molecule is CN(C)[C@H]1C(O)=C(C(N)=O)C(=O)[C@]2(O)C(O)=C3C(=O)c4c(O)ccc(-c5ccoc5)c4C[C@H]3C[C@H]12. The molecule has 0 spiro atoms. The third-order valence-electron chi connectivity index (χ3n) is 7.44. The molecule has 1 heterocycles. The van der Waals surface area contributed by atoms with Gasteiger partial charge in [0.1, 0.15) is 22.8 Å². The number of aromatic hydroxyl groups is 1. The molecule has 0 unspecified atom stereocenters. The van der Waals surface area contributed by atoms with Gasteiger partial charge in [-0.15, -0.1) is 0 Å². The van der Waals surface area contributed by atoms with Crippen molar-refractivity contribution in [3.05, 3.63) is 64.5 Å². The van der Waals surface area contributed by atoms with E-state index in [2.05, 4.69) is 0 Å². The van der Waals surface area contributed by atoms with Crippen LogP contribution in [0.1, 0.15) is 22.3 Å². The van der Waals surface area contributed by atoms with Crippen molar-refractivity contribution in [2.75, 3.05) is 14.1 Å². The molecule has 5 rings (SSSR count). The largest absolute Gasteiger partial charge is 0.510 e. The maximum Gasteiger partial charge on any atom is 0.255 e. The first-order valence-corrected chi connectivity index (χ1v) is 11.0. The minimum Gasteiger partial charge on any atom is -0.510 e. The van der Waals surface area contributed by atoms with Crippen molar-refractivity contribution in [3.8, 4) is 16.9 Å². The average Bonchev–Trinajstić information content (AvgIpc) is 3.30. The quantitative estimate of drug-likeness (QED) is 0.406. The monoisotopic (exact) mass is 480 g/mol. The van der Waals surface area contributed by atoms with Crippen molar-refractivity contribution in [3.63, 3.8) is 0 Å². The molecule has 0 bridgehead atoms. The number of hydrogen-bond acceptors (Lipinski definition) is 9. The maximum atomic E-state index is 13.6. The molecule has 2 aromatic rings. The van der Waals surface area contributed by atoms with E-state index < -0.39 is 58.0 Å². The number of allylic oxidation sites excluding steroid dienone is 1. The highest BCUT2D eigenvalue weighted by Gasteiger charge is 2.63. The molecule has 10 heteroatoms. The Balaban J connectivity index is 1.74. The molecule has 0 saturated carbocycles. The number of ketones is 2. The fourth-order valence-corrected chi connectivity index (χ4v) is 5.94. The van der Waals surface area contributed by atoms with E-state index in [0.717, 1.165) is 0 Å². The van der Waals surface area contributed by atoms with Gasteiger partial charge in [0.2, 0.25) is 5.78 Å². The van der Waals surface area contributed by atoms with Crippen molar-refractivity contribution in [2.45, 2.75) is 24.5 Å². The normalized spacial score (nSPS) is 28.2. The number of nitrogens with two attached hydrogens (primary N) is 1. The second-order valence-electron chi connectivity index (χ2n) is 9.46. The number of phenols is 1. The van der Waals surface area contributed by atoms with Crippen molar-refractivity contribution >= 4 is 17.5 Å². The van der Waals surface area contributed by atoms with Crippen LogP contribution in [-0.2, 0) is 16.0 Å². The molecule has 4 atom stereocenters. The number of benzene rings is 1. The summed E-state index contributed by atoms with van der Waals surface area (Å²) in [5, 5.41) is 44.2. The van der Waals surface area contributed by atoms with Crippen LogP contribution in [0.2, 0.25) is 0 Å². The van der Waals surface area contributed by atoms with Gasteiger partial charge in [-0.1, -0.05) is 6.07 Å². The molecule has 182 valence electrons. The van der Waals surface area contributed by atoms with Gasteiger partial charge < -0.3 is 30.6 Å². The molecule has 0 saturated heterocycles. The zero-order valence-electron chi connectivity index (χ0n) is 19.0. The van der Waals surface area contributed by atoms with Crippen LogP contribution in [0, 0.1) is 11.8 Å². The van der Waals surface area contributed by atoms with Gasteiger partial charge in [-0.3, -0.25) is 19.3 Å². The first-order valence-electron chi connectivity index (χ1n) is 11.0. The number of amides is 1. The van der Waals surface area contributed by atoms with E-state index in [4.69, 9.17) is 10.2 Å². The van der Waals surface area contributed by atoms with Crippen LogP contribution in [0.15, 0.2) is 57.8 Å². The summed E-state index contributed by atoms with van der Waals surface area (Å²) in [4.78, 5) is 40.4. The molecule has 3 aliphatic carbocycles. The van der Waals surface area contributed by atoms with Gasteiger partial charge in [0.05, 0.1) is 24.1 Å². The molecule has 1 aromatic heterocycles. The van der Waals surface area contributed by atoms with Crippen LogP contribution < -0.4 is 5.73 Å². The highest BCUT2D eigenvalue weighted by molar-refractivity contribution is 6.24. The summed E-state index contributed by atoms with van der Waals surface area (Å²) in [7, 11) is 3.17. The lowest BCUT2D eigenvalue weighted by Crippen LogP contribution is -2.63. The van der Waals surface area contributed by atoms with Crippen LogP contribution in [0.4, 0.5) is 0 Å². The summed E-state index contributed by atoms with van der Waals surface area (Å²) in [5.74, 6) is -6.73. The van der Waals surface area contributed by atoms with Gasteiger partial charge in [0, 0.05) is 17.1 Å². The number of fused-ring (bicyclic) bond motifs is 3. The number of phenolic OH excluding ortho intramolecular Hbond substituents is 1. The summed E-state index contributed by atoms with van der Waals surface area (Å²) in [6, 6.07) is 3.71. The predicted molar refractivity (Wildman–Crippen MR) is 121 cm³/mol. The number of carbonyl (C=O) groups excluding carboxylic acids is 3. The van der Waals surface area contributed by atoms with Gasteiger partial charge >= 0.3 is 0 Å². The lowest BCUT2D eigenvalue weighted by Gasteiger charge is -2.50. The Labute approximate surface area is 199 Å². The Morgan fingerprint density at radius 3 is 2.49 bits per heavy atom. The van der Waals surface area contributed by atoms with Crippen LogP contribution in [0.5, 0.6) is 5.75 Å². The number of carbonyl (C=O) groups is 3. The van der Waals surface area contributed by atoms with Crippen molar-refractivity contribution in [1.29, 1.82) is 0 Å². The fraction of sp³-hybridized carbons (Fsp3) is 0.320. The summed E-state index contributed by atoms with van der Waals surface area (Å²) < 4.78 is 5.17. The van der Waals surface area contributed by atoms with Gasteiger partial charge in [-0.2, -0.15) is 0 Å². The smallest absolute Gasteiger partial charge is 0.255 e. The van der Waals surface area contributed by atoms with Crippen molar-refractivity contribution in [1.82, 2.24) is 4.90 Å². The third kappa shape index (κ3) is 2.93. The van der Waals surface area contributed by atoms with Crippen LogP contribution in [0.25, 0.3) is 11.1 Å². The molecular weight excluding hydrogens is 456 g/mol. The molecule has 3 aliphatic rings. The molecule has 0 fully saturated rings. The van der Waals surface area contributed by atoms with E-state index in [0.29, 0.717) is 16.7 Å². The lowest BCUT2D eigenvalue weighted by atomic mass is 9.58. The van der Waals surface area contributed by atoms with Crippen LogP contribution in [0.3, 0.4) is 0 Å². The number of Topliss-reactive ketones (excluding diaryl/α,β-unsaturated/α-hetero) is 2. The van der Waals surface area contributed by atoms with Gasteiger partial charge in [0.25, 0.3) is 5.91 Å². The van der Waals surface area contributed by atoms with Gasteiger partial charge in [-0.05, 0) is 56.1 Å². The highest BCUT2D eigenvalue weighted by Crippen LogP contribution is 2.53. The Kier molecular flexibility index (Phi) is 4.94. The van der Waals surface area contributed by atoms with E-state index in [1.54, 1.807) is 26.2 Å². The van der Waals surface area contributed by atoms with E-state index in [-0.39, 0.29) is 29.7 Å². The second-order valence-corrected chi connectivity index (χ2v) is 9.46. The van der Waals surface area contributed by atoms with Crippen molar-refractivity contribution < 1.29 is 39.2 Å². The average molecular weight is 480 g/mol. The van der Waals surface area contributed by atoms with E-state index in [1.807, 2.05) is 0 Å². The minimum absolute atomic E-state index is 0.0340. The first kappa shape index (κ1) is 22.9. The topological polar surface area (TPSA) is 175 Å². The Morgan fingerprint density at radius 1 is 1.17 bits per heavy atom. The second kappa shape index (κ2) is 7.56. The zero-order valence-corrected chi connectivity index (χ0v) is 19.0. The molecule has 6 N–H and O–H groups in total. The van der Waals surface area contributed by atoms with Crippen LogP contribution >= 0.6 is 0 Å². The van der Waals surface area contributed by atoms with Crippen molar-refractivity contribution in [2.24, 2.45) is 17.6 Å². The third-order valence-corrected chi connectivity index (χ3v) is 7.44. The molecular formula is C25H24N2O8. The van der Waals surface area contributed by atoms with E-state index in [1.165, 1.54) is 23.5 Å². The highest BCUT2D eigenvalue weighted by atomic mass is 16.3. The van der Waals surface area contributed by atoms with Gasteiger partial charge in [-0.25, -0.2) is 0 Å². The molecule has 10 nitrogen and oxygen atoms in total. The van der Waals surface area contributed by atoms with E-state index >= 15 is 0 Å². The molecule has 0 radical (unpaired) electrons. The summed E-state index contributed by atoms with van der Waals surface area (Å²) in [5.41, 5.74) is 3.53. The standard InChI is InChI=1S/C25H24N2O8/c1-27(2)19-14-8-11-7-13-12(10-5-6-35-9-10)3-4-15(28)17(13)20(29)16(11)22(31)25(14,34)23(32)18(21(19)30)24(26)33/h3-6,9,11,14,19,28,30-31,34H,7-8H2,1-2H3,(H2,26,33)/t11-,14+,19+,25+/m0/s1. The number of aliphatic hydroxyl groups is 3. The number of hydrogen-bond donors (Lipinski definition) is 5. The fourth-order valence-electron chi connectivity index (χ4n) is 5.94. The minimum atomic E-state index is -2.65. The molecule has 1 aromatic carbocycles.